The molecule has 0 saturated heterocycles. The normalized spacial score (nSPS) is 17.1. The van der Waals surface area contributed by atoms with Crippen LogP contribution in [0.25, 0.3) is 0 Å². The Balaban J connectivity index is 1.71. The molecule has 0 radical (unpaired) electrons. The Bertz CT molecular complexity index is 354. The predicted octanol–water partition coefficient (Wildman–Crippen LogP) is 4.29. The number of hydrogen-bond acceptors (Lipinski definition) is 2. The summed E-state index contributed by atoms with van der Waals surface area (Å²) in [6, 6.07) is 9.89. The van der Waals surface area contributed by atoms with Crippen molar-refractivity contribution in [1.29, 1.82) is 0 Å². The van der Waals surface area contributed by atoms with Crippen LogP contribution in [0, 0.1) is 5.92 Å². The Morgan fingerprint density at radius 3 is 2.39 bits per heavy atom. The zero-order chi connectivity index (χ0) is 13.0. The van der Waals surface area contributed by atoms with Crippen LogP contribution in [0.4, 0.5) is 0 Å². The molecule has 1 atom stereocenters. The maximum absolute atomic E-state index is 3.60. The summed E-state index contributed by atoms with van der Waals surface area (Å²) in [5, 5.41) is 3.60. The number of nitrogens with one attached hydrogen (secondary N) is 1. The molecule has 1 aromatic carbocycles. The molecular weight excluding hydrogens is 238 g/mol. The van der Waals surface area contributed by atoms with E-state index in [0.717, 1.165) is 12.0 Å². The van der Waals surface area contributed by atoms with Crippen molar-refractivity contribution in [2.75, 3.05) is 12.3 Å². The Morgan fingerprint density at radius 1 is 1.17 bits per heavy atom. The minimum atomic E-state index is 0.630. The van der Waals surface area contributed by atoms with Gasteiger partial charge in [-0.1, -0.05) is 32.9 Å². The second-order valence-corrected chi connectivity index (χ2v) is 6.92. The molecule has 0 spiro atoms. The average Bonchev–Trinajstić information content (AvgIpc) is 3.18. The first kappa shape index (κ1) is 14.0. The zero-order valence-electron chi connectivity index (χ0n) is 11.8. The molecule has 0 aliphatic heterocycles. The van der Waals surface area contributed by atoms with E-state index < -0.39 is 0 Å². The third-order valence-electron chi connectivity index (χ3n) is 3.41. The Labute approximate surface area is 116 Å². The molecule has 1 nitrogen and oxygen atoms in total. The highest BCUT2D eigenvalue weighted by Crippen LogP contribution is 2.24. The summed E-state index contributed by atoms with van der Waals surface area (Å²) in [6.45, 7) is 7.99. The SMILES string of the molecule is CC(CNC1CC1)CSc1ccc(C(C)C)cc1. The van der Waals surface area contributed by atoms with Gasteiger partial charge < -0.3 is 5.32 Å². The topological polar surface area (TPSA) is 12.0 Å². The summed E-state index contributed by atoms with van der Waals surface area (Å²) < 4.78 is 0. The fraction of sp³-hybridized carbons (Fsp3) is 0.625. The highest BCUT2D eigenvalue weighted by Gasteiger charge is 2.20. The van der Waals surface area contributed by atoms with E-state index in [-0.39, 0.29) is 0 Å². The molecule has 1 N–H and O–H groups in total. The molecule has 1 fully saturated rings. The maximum Gasteiger partial charge on any atom is 0.00722 e. The van der Waals surface area contributed by atoms with Crippen molar-refractivity contribution >= 4 is 11.8 Å². The van der Waals surface area contributed by atoms with Crippen LogP contribution in [0.1, 0.15) is 45.1 Å². The molecule has 18 heavy (non-hydrogen) atoms. The van der Waals surface area contributed by atoms with E-state index in [9.17, 15) is 0 Å². The van der Waals surface area contributed by atoms with E-state index in [0.29, 0.717) is 5.92 Å². The van der Waals surface area contributed by atoms with Crippen LogP contribution in [0.2, 0.25) is 0 Å². The summed E-state index contributed by atoms with van der Waals surface area (Å²) >= 11 is 1.98. The van der Waals surface area contributed by atoms with Gasteiger partial charge in [0, 0.05) is 16.7 Å². The Kier molecular flexibility index (Phi) is 5.13. The molecule has 2 rings (SSSR count). The molecule has 1 aliphatic rings. The van der Waals surface area contributed by atoms with E-state index in [1.54, 1.807) is 0 Å². The molecule has 1 saturated carbocycles. The lowest BCUT2D eigenvalue weighted by atomic mass is 10.0. The third kappa shape index (κ3) is 4.66. The quantitative estimate of drug-likeness (QED) is 0.737. The van der Waals surface area contributed by atoms with Crippen molar-refractivity contribution in [3.8, 4) is 0 Å². The first-order valence-corrected chi connectivity index (χ1v) is 8.10. The van der Waals surface area contributed by atoms with Crippen LogP contribution < -0.4 is 5.32 Å². The molecule has 2 heteroatoms. The van der Waals surface area contributed by atoms with Gasteiger partial charge in [0.1, 0.15) is 0 Å². The molecule has 1 unspecified atom stereocenters. The van der Waals surface area contributed by atoms with Gasteiger partial charge in [0.15, 0.2) is 0 Å². The van der Waals surface area contributed by atoms with Gasteiger partial charge >= 0.3 is 0 Å². The zero-order valence-corrected chi connectivity index (χ0v) is 12.6. The lowest BCUT2D eigenvalue weighted by Crippen LogP contribution is -2.24. The standard InChI is InChI=1S/C16H25NS/c1-12(2)14-4-8-16(9-5-14)18-11-13(3)10-17-15-6-7-15/h4-5,8-9,12-13,15,17H,6-7,10-11H2,1-3H3. The molecule has 1 aromatic rings. The molecule has 0 bridgehead atoms. The predicted molar refractivity (Wildman–Crippen MR) is 81.4 cm³/mol. The monoisotopic (exact) mass is 263 g/mol. The van der Waals surface area contributed by atoms with Crippen molar-refractivity contribution in [3.05, 3.63) is 29.8 Å². The maximum atomic E-state index is 3.60. The Morgan fingerprint density at radius 2 is 1.83 bits per heavy atom. The minimum absolute atomic E-state index is 0.630. The van der Waals surface area contributed by atoms with Gasteiger partial charge in [-0.25, -0.2) is 0 Å². The van der Waals surface area contributed by atoms with E-state index in [1.165, 1.54) is 35.6 Å². The summed E-state index contributed by atoms with van der Waals surface area (Å²) in [5.74, 6) is 2.59. The fourth-order valence-electron chi connectivity index (χ4n) is 1.90. The second-order valence-electron chi connectivity index (χ2n) is 5.82. The number of thioether (sulfide) groups is 1. The lowest BCUT2D eigenvalue weighted by Gasteiger charge is -2.12. The summed E-state index contributed by atoms with van der Waals surface area (Å²) in [5.41, 5.74) is 1.43. The molecule has 0 amide bonds. The van der Waals surface area contributed by atoms with Crippen LogP contribution in [0.5, 0.6) is 0 Å². The van der Waals surface area contributed by atoms with Gasteiger partial charge in [0.2, 0.25) is 0 Å². The molecule has 100 valence electrons. The van der Waals surface area contributed by atoms with Gasteiger partial charge in [-0.3, -0.25) is 0 Å². The minimum Gasteiger partial charge on any atom is -0.314 e. The smallest absolute Gasteiger partial charge is 0.00722 e. The second kappa shape index (κ2) is 6.63. The van der Waals surface area contributed by atoms with Crippen LogP contribution in [0.3, 0.4) is 0 Å². The van der Waals surface area contributed by atoms with E-state index >= 15 is 0 Å². The van der Waals surface area contributed by atoms with Gasteiger partial charge in [-0.2, -0.15) is 0 Å². The van der Waals surface area contributed by atoms with E-state index in [2.05, 4.69) is 50.4 Å². The van der Waals surface area contributed by atoms with Gasteiger partial charge in [0.25, 0.3) is 0 Å². The lowest BCUT2D eigenvalue weighted by molar-refractivity contribution is 0.557. The van der Waals surface area contributed by atoms with Crippen LogP contribution in [-0.4, -0.2) is 18.3 Å². The largest absolute Gasteiger partial charge is 0.314 e. The van der Waals surface area contributed by atoms with Crippen molar-refractivity contribution < 1.29 is 0 Å². The number of hydrogen-bond donors (Lipinski definition) is 1. The molecular formula is C16H25NS. The molecule has 1 aliphatic carbocycles. The van der Waals surface area contributed by atoms with Crippen LogP contribution in [-0.2, 0) is 0 Å². The van der Waals surface area contributed by atoms with Gasteiger partial charge in [-0.15, -0.1) is 11.8 Å². The number of benzene rings is 1. The van der Waals surface area contributed by atoms with E-state index in [4.69, 9.17) is 0 Å². The highest BCUT2D eigenvalue weighted by molar-refractivity contribution is 7.99. The van der Waals surface area contributed by atoms with Crippen molar-refractivity contribution in [1.82, 2.24) is 5.32 Å². The highest BCUT2D eigenvalue weighted by atomic mass is 32.2. The average molecular weight is 263 g/mol. The van der Waals surface area contributed by atoms with Gasteiger partial charge in [-0.05, 0) is 48.9 Å². The Hall–Kier alpha value is -0.470. The van der Waals surface area contributed by atoms with Gasteiger partial charge in [0.05, 0.1) is 0 Å². The summed E-state index contributed by atoms with van der Waals surface area (Å²) in [4.78, 5) is 1.40. The van der Waals surface area contributed by atoms with Crippen molar-refractivity contribution in [2.45, 2.75) is 50.5 Å². The van der Waals surface area contributed by atoms with E-state index in [1.807, 2.05) is 11.8 Å². The van der Waals surface area contributed by atoms with Crippen molar-refractivity contribution in [3.63, 3.8) is 0 Å². The van der Waals surface area contributed by atoms with Crippen LogP contribution in [0.15, 0.2) is 29.2 Å². The molecule has 0 heterocycles. The first-order valence-electron chi connectivity index (χ1n) is 7.11. The number of rotatable bonds is 7. The van der Waals surface area contributed by atoms with Crippen molar-refractivity contribution in [2.24, 2.45) is 5.92 Å². The fourth-order valence-corrected chi connectivity index (χ4v) is 2.83. The third-order valence-corrected chi connectivity index (χ3v) is 4.75. The first-order chi connectivity index (χ1) is 8.65. The summed E-state index contributed by atoms with van der Waals surface area (Å²) in [7, 11) is 0. The van der Waals surface area contributed by atoms with Crippen LogP contribution >= 0.6 is 11.8 Å². The molecule has 0 aromatic heterocycles. The summed E-state index contributed by atoms with van der Waals surface area (Å²) in [6.07, 6.45) is 2.77.